The van der Waals surface area contributed by atoms with Gasteiger partial charge in [0.15, 0.2) is 11.7 Å². The summed E-state index contributed by atoms with van der Waals surface area (Å²) in [5.41, 5.74) is 1.01. The summed E-state index contributed by atoms with van der Waals surface area (Å²) in [4.78, 5) is 15.6. The topological polar surface area (TPSA) is 91.6 Å². The van der Waals surface area contributed by atoms with Crippen molar-refractivity contribution in [2.75, 3.05) is 20.1 Å². The molecule has 25 heavy (non-hydrogen) atoms. The maximum Gasteiger partial charge on any atom is 0.222 e. The Labute approximate surface area is 167 Å². The normalized spacial score (nSPS) is 11.4. The first-order valence-electron chi connectivity index (χ1n) is 8.69. The van der Waals surface area contributed by atoms with Gasteiger partial charge in [0.1, 0.15) is 0 Å². The van der Waals surface area contributed by atoms with E-state index in [1.165, 1.54) is 0 Å². The van der Waals surface area contributed by atoms with Crippen LogP contribution < -0.4 is 16.0 Å². The number of halogens is 1. The fraction of sp³-hybridized carbons (Fsp3) is 0.706. The summed E-state index contributed by atoms with van der Waals surface area (Å²) in [5.74, 6) is 1.94. The zero-order chi connectivity index (χ0) is 17.9. The summed E-state index contributed by atoms with van der Waals surface area (Å²) in [6.07, 6.45) is 2.11. The second kappa shape index (κ2) is 13.0. The van der Waals surface area contributed by atoms with E-state index in [1.807, 2.05) is 19.9 Å². The van der Waals surface area contributed by atoms with Crippen molar-refractivity contribution in [1.29, 1.82) is 0 Å². The quantitative estimate of drug-likeness (QED) is 0.226. The molecule has 8 heteroatoms. The molecule has 0 aromatic carbocycles. The number of hydrogen-bond acceptors (Lipinski definition) is 4. The van der Waals surface area contributed by atoms with Crippen molar-refractivity contribution in [2.24, 2.45) is 10.9 Å². The monoisotopic (exact) mass is 465 g/mol. The van der Waals surface area contributed by atoms with E-state index in [2.05, 4.69) is 39.9 Å². The third-order valence-electron chi connectivity index (χ3n) is 3.88. The summed E-state index contributed by atoms with van der Waals surface area (Å²) in [7, 11) is 1.71. The van der Waals surface area contributed by atoms with E-state index in [0.717, 1.165) is 24.3 Å². The van der Waals surface area contributed by atoms with Crippen molar-refractivity contribution < 1.29 is 9.32 Å². The Morgan fingerprint density at radius 1 is 1.20 bits per heavy atom. The largest absolute Gasteiger partial charge is 0.359 e. The van der Waals surface area contributed by atoms with E-state index in [-0.39, 0.29) is 35.8 Å². The second-order valence-electron chi connectivity index (χ2n) is 6.03. The molecule has 0 saturated heterocycles. The lowest BCUT2D eigenvalue weighted by molar-refractivity contribution is -0.123. The minimum Gasteiger partial charge on any atom is -0.359 e. The first-order chi connectivity index (χ1) is 11.5. The molecule has 0 spiro atoms. The molecule has 1 heterocycles. The lowest BCUT2D eigenvalue weighted by Crippen LogP contribution is -2.41. The average molecular weight is 465 g/mol. The first-order valence-corrected chi connectivity index (χ1v) is 8.69. The molecule has 0 aliphatic carbocycles. The molecule has 0 bridgehead atoms. The molecule has 3 N–H and O–H groups in total. The Kier molecular flexibility index (Phi) is 12.3. The Morgan fingerprint density at radius 3 is 2.40 bits per heavy atom. The molecule has 0 radical (unpaired) electrons. The van der Waals surface area contributed by atoms with E-state index in [4.69, 9.17) is 4.52 Å². The van der Waals surface area contributed by atoms with E-state index < -0.39 is 0 Å². The van der Waals surface area contributed by atoms with E-state index in [1.54, 1.807) is 7.05 Å². The molecule has 144 valence electrons. The molecule has 0 unspecified atom stereocenters. The summed E-state index contributed by atoms with van der Waals surface area (Å²) in [5, 5.41) is 13.3. The van der Waals surface area contributed by atoms with Gasteiger partial charge in [-0.1, -0.05) is 32.9 Å². The number of aliphatic imine (C=N–C) groups is 1. The van der Waals surface area contributed by atoms with Crippen LogP contribution in [0.4, 0.5) is 0 Å². The molecule has 0 aliphatic rings. The number of amides is 1. The van der Waals surface area contributed by atoms with Gasteiger partial charge in [0, 0.05) is 38.0 Å². The van der Waals surface area contributed by atoms with Crippen LogP contribution in [0.25, 0.3) is 0 Å². The predicted molar refractivity (Wildman–Crippen MR) is 111 cm³/mol. The SMILES string of the molecule is CCC(CC)c1cc(CNC(=NC)NCCNC(=O)C(C)C)on1.I. The van der Waals surface area contributed by atoms with Crippen LogP contribution in [0, 0.1) is 5.92 Å². The van der Waals surface area contributed by atoms with Gasteiger partial charge in [-0.05, 0) is 12.8 Å². The summed E-state index contributed by atoms with van der Waals surface area (Å²) >= 11 is 0. The van der Waals surface area contributed by atoms with Gasteiger partial charge >= 0.3 is 0 Å². The van der Waals surface area contributed by atoms with Gasteiger partial charge in [0.2, 0.25) is 5.91 Å². The van der Waals surface area contributed by atoms with E-state index in [9.17, 15) is 4.79 Å². The van der Waals surface area contributed by atoms with Crippen LogP contribution in [-0.2, 0) is 11.3 Å². The minimum absolute atomic E-state index is 0. The van der Waals surface area contributed by atoms with Crippen molar-refractivity contribution in [3.8, 4) is 0 Å². The van der Waals surface area contributed by atoms with Gasteiger partial charge in [0.05, 0.1) is 12.2 Å². The minimum atomic E-state index is -0.00171. The van der Waals surface area contributed by atoms with Crippen molar-refractivity contribution in [1.82, 2.24) is 21.1 Å². The summed E-state index contributed by atoms with van der Waals surface area (Å²) in [6, 6.07) is 2.00. The third kappa shape index (κ3) is 8.55. The highest BCUT2D eigenvalue weighted by Crippen LogP contribution is 2.22. The maximum absolute atomic E-state index is 11.5. The highest BCUT2D eigenvalue weighted by atomic mass is 127. The molecule has 7 nitrogen and oxygen atoms in total. The second-order valence-corrected chi connectivity index (χ2v) is 6.03. The first kappa shape index (κ1) is 23.7. The van der Waals surface area contributed by atoms with Crippen LogP contribution in [0.1, 0.15) is 57.9 Å². The van der Waals surface area contributed by atoms with E-state index in [0.29, 0.717) is 31.5 Å². The molecule has 1 aromatic heterocycles. The van der Waals surface area contributed by atoms with Crippen molar-refractivity contribution in [3.05, 3.63) is 17.5 Å². The molecule has 1 amide bonds. The Balaban J connectivity index is 0.00000576. The Bertz CT molecular complexity index is 527. The van der Waals surface area contributed by atoms with Gasteiger partial charge in [-0.2, -0.15) is 0 Å². The summed E-state index contributed by atoms with van der Waals surface area (Å²) < 4.78 is 5.38. The zero-order valence-electron chi connectivity index (χ0n) is 15.9. The smallest absolute Gasteiger partial charge is 0.222 e. The van der Waals surface area contributed by atoms with Crippen molar-refractivity contribution >= 4 is 35.8 Å². The van der Waals surface area contributed by atoms with Crippen LogP contribution in [-0.4, -0.2) is 37.2 Å². The predicted octanol–water partition coefficient (Wildman–Crippen LogP) is 2.63. The fourth-order valence-corrected chi connectivity index (χ4v) is 2.27. The molecule has 1 rings (SSSR count). The molecule has 0 atom stereocenters. The maximum atomic E-state index is 11.5. The van der Waals surface area contributed by atoms with Crippen LogP contribution in [0.3, 0.4) is 0 Å². The highest BCUT2D eigenvalue weighted by molar-refractivity contribution is 14.0. The summed E-state index contributed by atoms with van der Waals surface area (Å²) in [6.45, 7) is 9.74. The van der Waals surface area contributed by atoms with Crippen LogP contribution in [0.5, 0.6) is 0 Å². The van der Waals surface area contributed by atoms with Crippen LogP contribution in [0.15, 0.2) is 15.6 Å². The number of guanidine groups is 1. The number of nitrogens with zero attached hydrogens (tertiary/aromatic N) is 2. The number of carbonyl (C=O) groups excluding carboxylic acids is 1. The number of hydrogen-bond donors (Lipinski definition) is 3. The number of rotatable bonds is 9. The lowest BCUT2D eigenvalue weighted by Gasteiger charge is -2.12. The molecule has 0 aliphatic heterocycles. The number of nitrogens with one attached hydrogen (secondary N) is 3. The molecule has 0 saturated carbocycles. The molecule has 1 aromatic rings. The highest BCUT2D eigenvalue weighted by Gasteiger charge is 2.13. The van der Waals surface area contributed by atoms with E-state index >= 15 is 0 Å². The number of carbonyl (C=O) groups is 1. The van der Waals surface area contributed by atoms with Gasteiger partial charge < -0.3 is 20.5 Å². The van der Waals surface area contributed by atoms with Gasteiger partial charge in [0.25, 0.3) is 0 Å². The van der Waals surface area contributed by atoms with Gasteiger partial charge in [-0.3, -0.25) is 9.79 Å². The Morgan fingerprint density at radius 2 is 1.84 bits per heavy atom. The van der Waals surface area contributed by atoms with Crippen molar-refractivity contribution in [3.63, 3.8) is 0 Å². The fourth-order valence-electron chi connectivity index (χ4n) is 2.27. The zero-order valence-corrected chi connectivity index (χ0v) is 18.2. The third-order valence-corrected chi connectivity index (χ3v) is 3.88. The molecular formula is C17H32IN5O2. The molecular weight excluding hydrogens is 433 g/mol. The van der Waals surface area contributed by atoms with Crippen LogP contribution in [0.2, 0.25) is 0 Å². The molecule has 0 fully saturated rings. The standard InChI is InChI=1S/C17H31N5O2.HI/c1-6-13(7-2)15-10-14(24-22-15)11-21-17(18-5)20-9-8-19-16(23)12(3)4;/h10,12-13H,6-9,11H2,1-5H3,(H,19,23)(H2,18,20,21);1H. The number of aromatic nitrogens is 1. The van der Waals surface area contributed by atoms with Crippen molar-refractivity contribution in [2.45, 2.75) is 53.0 Å². The Hall–Kier alpha value is -1.32. The lowest BCUT2D eigenvalue weighted by atomic mass is 9.99. The van der Waals surface area contributed by atoms with Gasteiger partial charge in [-0.25, -0.2) is 0 Å². The van der Waals surface area contributed by atoms with Crippen LogP contribution >= 0.6 is 24.0 Å². The van der Waals surface area contributed by atoms with Gasteiger partial charge in [-0.15, -0.1) is 24.0 Å². The average Bonchev–Trinajstić information content (AvgIpc) is 3.03.